The van der Waals surface area contributed by atoms with Crippen molar-refractivity contribution in [1.29, 1.82) is 0 Å². The number of nitrogens with zero attached hydrogens (tertiary/aromatic N) is 1. The summed E-state index contributed by atoms with van der Waals surface area (Å²) in [5.74, 6) is 0.264. The average molecular weight is 362 g/mol. The van der Waals surface area contributed by atoms with Crippen molar-refractivity contribution in [2.75, 3.05) is 18.5 Å². The summed E-state index contributed by atoms with van der Waals surface area (Å²) >= 11 is 1.13. The van der Waals surface area contributed by atoms with Gasteiger partial charge in [0.2, 0.25) is 5.91 Å². The quantitative estimate of drug-likeness (QED) is 0.572. The number of carbonyl (C=O) groups is 2. The Morgan fingerprint density at radius 1 is 1.24 bits per heavy atom. The number of para-hydroxylation sites is 1. The molecule has 7 heteroatoms. The van der Waals surface area contributed by atoms with E-state index in [2.05, 4.69) is 10.3 Å². The van der Waals surface area contributed by atoms with Gasteiger partial charge in [0.1, 0.15) is 10.6 Å². The van der Waals surface area contributed by atoms with Gasteiger partial charge in [-0.25, -0.2) is 9.78 Å². The smallest absolute Gasteiger partial charge is 0.350 e. The summed E-state index contributed by atoms with van der Waals surface area (Å²) in [6.45, 7) is 6.21. The zero-order chi connectivity index (χ0) is 18.2. The van der Waals surface area contributed by atoms with E-state index < -0.39 is 5.97 Å². The lowest BCUT2D eigenvalue weighted by Crippen LogP contribution is -2.12. The summed E-state index contributed by atoms with van der Waals surface area (Å²) in [4.78, 5) is 28.4. The number of nitrogens with one attached hydrogen (secondary N) is 1. The highest BCUT2D eigenvalue weighted by Gasteiger charge is 2.17. The number of hydrogen-bond acceptors (Lipinski definition) is 6. The number of aromatic nitrogens is 1. The average Bonchev–Trinajstić information content (AvgIpc) is 2.93. The van der Waals surface area contributed by atoms with Crippen molar-refractivity contribution in [2.45, 2.75) is 33.6 Å². The van der Waals surface area contributed by atoms with E-state index in [1.807, 2.05) is 31.2 Å². The van der Waals surface area contributed by atoms with E-state index >= 15 is 0 Å². The second kappa shape index (κ2) is 9.17. The molecule has 6 nitrogen and oxygen atoms in total. The van der Waals surface area contributed by atoms with E-state index in [1.165, 1.54) is 0 Å². The van der Waals surface area contributed by atoms with Crippen LogP contribution in [0.5, 0.6) is 5.75 Å². The van der Waals surface area contributed by atoms with Crippen LogP contribution < -0.4 is 10.1 Å². The summed E-state index contributed by atoms with van der Waals surface area (Å²) < 4.78 is 10.6. The largest absolute Gasteiger partial charge is 0.493 e. The van der Waals surface area contributed by atoms with Crippen molar-refractivity contribution in [2.24, 2.45) is 0 Å². The summed E-state index contributed by atoms with van der Waals surface area (Å²) in [6.07, 6.45) is 0.911. The SMILES string of the molecule is CCOC(=O)c1sc(NC(=O)CCCOc2ccccc2C)nc1C. The second-order valence-electron chi connectivity index (χ2n) is 5.42. The molecule has 1 amide bonds. The molecule has 1 N–H and O–H groups in total. The Balaban J connectivity index is 1.78. The molecule has 1 aromatic heterocycles. The third-order valence-corrected chi connectivity index (χ3v) is 4.46. The number of thiazole rings is 1. The van der Waals surface area contributed by atoms with E-state index in [-0.39, 0.29) is 5.91 Å². The van der Waals surface area contributed by atoms with Crippen molar-refractivity contribution in [3.05, 3.63) is 40.4 Å². The van der Waals surface area contributed by atoms with Gasteiger partial charge in [-0.3, -0.25) is 4.79 Å². The lowest BCUT2D eigenvalue weighted by Gasteiger charge is -2.08. The van der Waals surface area contributed by atoms with Crippen molar-refractivity contribution < 1.29 is 19.1 Å². The first-order valence-electron chi connectivity index (χ1n) is 8.14. The van der Waals surface area contributed by atoms with Crippen molar-refractivity contribution in [1.82, 2.24) is 4.98 Å². The van der Waals surface area contributed by atoms with Crippen LogP contribution in [0, 0.1) is 13.8 Å². The second-order valence-corrected chi connectivity index (χ2v) is 6.42. The Morgan fingerprint density at radius 3 is 2.72 bits per heavy atom. The molecule has 0 spiro atoms. The first-order chi connectivity index (χ1) is 12.0. The highest BCUT2D eigenvalue weighted by molar-refractivity contribution is 7.17. The highest BCUT2D eigenvalue weighted by Crippen LogP contribution is 2.23. The van der Waals surface area contributed by atoms with E-state index in [0.29, 0.717) is 41.8 Å². The molecule has 2 aromatic rings. The minimum Gasteiger partial charge on any atom is -0.493 e. The molecule has 1 aromatic carbocycles. The molecule has 2 rings (SSSR count). The zero-order valence-electron chi connectivity index (χ0n) is 14.6. The number of benzene rings is 1. The lowest BCUT2D eigenvalue weighted by molar-refractivity contribution is -0.116. The Kier molecular flexibility index (Phi) is 6.94. The molecule has 0 unspecified atom stereocenters. The molecule has 1 heterocycles. The van der Waals surface area contributed by atoms with Crippen LogP contribution in [-0.2, 0) is 9.53 Å². The summed E-state index contributed by atoms with van der Waals surface area (Å²) in [5, 5.41) is 3.12. The number of aryl methyl sites for hydroxylation is 2. The molecule has 0 aliphatic heterocycles. The number of hydrogen-bond donors (Lipinski definition) is 1. The monoisotopic (exact) mass is 362 g/mol. The number of rotatable bonds is 8. The van der Waals surface area contributed by atoms with Crippen LogP contribution in [-0.4, -0.2) is 30.1 Å². The Hall–Kier alpha value is -2.41. The van der Waals surface area contributed by atoms with Crippen molar-refractivity contribution in [3.63, 3.8) is 0 Å². The Bertz CT molecular complexity index is 742. The lowest BCUT2D eigenvalue weighted by atomic mass is 10.2. The molecule has 0 atom stereocenters. The molecular formula is C18H22N2O4S. The third-order valence-electron chi connectivity index (χ3n) is 3.40. The third kappa shape index (κ3) is 5.56. The molecule has 0 saturated carbocycles. The maximum Gasteiger partial charge on any atom is 0.350 e. The Labute approximate surface area is 151 Å². The van der Waals surface area contributed by atoms with Crippen LogP contribution in [0.4, 0.5) is 5.13 Å². The normalized spacial score (nSPS) is 10.4. The van der Waals surface area contributed by atoms with Crippen molar-refractivity contribution >= 4 is 28.3 Å². The number of amides is 1. The van der Waals surface area contributed by atoms with Gasteiger partial charge in [-0.1, -0.05) is 29.5 Å². The zero-order valence-corrected chi connectivity index (χ0v) is 15.4. The van der Waals surface area contributed by atoms with Crippen LogP contribution in [0.25, 0.3) is 0 Å². The molecule has 134 valence electrons. The molecule has 0 aliphatic carbocycles. The highest BCUT2D eigenvalue weighted by atomic mass is 32.1. The summed E-state index contributed by atoms with van der Waals surface area (Å²) in [7, 11) is 0. The topological polar surface area (TPSA) is 77.5 Å². The van der Waals surface area contributed by atoms with Gasteiger partial charge in [-0.15, -0.1) is 0 Å². The fraction of sp³-hybridized carbons (Fsp3) is 0.389. The van der Waals surface area contributed by atoms with Crippen LogP contribution in [0.15, 0.2) is 24.3 Å². The minimum atomic E-state index is -0.412. The van der Waals surface area contributed by atoms with Gasteiger partial charge in [0.15, 0.2) is 5.13 Å². The van der Waals surface area contributed by atoms with E-state index in [1.54, 1.807) is 13.8 Å². The number of anilines is 1. The first kappa shape index (κ1) is 18.9. The predicted octanol–water partition coefficient (Wildman–Crippen LogP) is 3.73. The van der Waals surface area contributed by atoms with Crippen LogP contribution in [0.2, 0.25) is 0 Å². The fourth-order valence-electron chi connectivity index (χ4n) is 2.15. The summed E-state index contributed by atoms with van der Waals surface area (Å²) in [6, 6.07) is 7.76. The number of esters is 1. The van der Waals surface area contributed by atoms with Crippen LogP contribution in [0.3, 0.4) is 0 Å². The number of ether oxygens (including phenoxy) is 2. The van der Waals surface area contributed by atoms with E-state index in [4.69, 9.17) is 9.47 Å². The van der Waals surface area contributed by atoms with Crippen LogP contribution in [0.1, 0.15) is 40.7 Å². The minimum absolute atomic E-state index is 0.155. The molecule has 0 saturated heterocycles. The van der Waals surface area contributed by atoms with E-state index in [0.717, 1.165) is 22.6 Å². The van der Waals surface area contributed by atoms with Gasteiger partial charge in [-0.2, -0.15) is 0 Å². The molecule has 0 bridgehead atoms. The maximum atomic E-state index is 12.0. The maximum absolute atomic E-state index is 12.0. The molecule has 0 fully saturated rings. The van der Waals surface area contributed by atoms with Gasteiger partial charge in [0, 0.05) is 6.42 Å². The van der Waals surface area contributed by atoms with Crippen molar-refractivity contribution in [3.8, 4) is 5.75 Å². The molecule has 0 radical (unpaired) electrons. The van der Waals surface area contributed by atoms with Gasteiger partial charge >= 0.3 is 5.97 Å². The predicted molar refractivity (Wildman–Crippen MR) is 97.3 cm³/mol. The van der Waals surface area contributed by atoms with Gasteiger partial charge < -0.3 is 14.8 Å². The summed E-state index contributed by atoms with van der Waals surface area (Å²) in [5.41, 5.74) is 1.62. The first-order valence-corrected chi connectivity index (χ1v) is 8.95. The molecule has 0 aliphatic rings. The van der Waals surface area contributed by atoms with Crippen LogP contribution >= 0.6 is 11.3 Å². The molecular weight excluding hydrogens is 340 g/mol. The van der Waals surface area contributed by atoms with Gasteiger partial charge in [0.05, 0.1) is 18.9 Å². The van der Waals surface area contributed by atoms with Gasteiger partial charge in [-0.05, 0) is 38.8 Å². The van der Waals surface area contributed by atoms with Gasteiger partial charge in [0.25, 0.3) is 0 Å². The number of carbonyl (C=O) groups excluding carboxylic acids is 2. The van der Waals surface area contributed by atoms with E-state index in [9.17, 15) is 9.59 Å². The standard InChI is InChI=1S/C18H22N2O4S/c1-4-23-17(22)16-13(3)19-18(25-16)20-15(21)10-7-11-24-14-9-6-5-8-12(14)2/h5-6,8-9H,4,7,10-11H2,1-3H3,(H,19,20,21). The molecule has 25 heavy (non-hydrogen) atoms. The Morgan fingerprint density at radius 2 is 2.00 bits per heavy atom. The fourth-order valence-corrected chi connectivity index (χ4v) is 3.03.